The highest BCUT2D eigenvalue weighted by Gasteiger charge is 2.31. The van der Waals surface area contributed by atoms with E-state index in [4.69, 9.17) is 4.74 Å². The largest absolute Gasteiger partial charge is 0.493 e. The van der Waals surface area contributed by atoms with Crippen LogP contribution in [0, 0.1) is 0 Å². The summed E-state index contributed by atoms with van der Waals surface area (Å²) in [6.45, 7) is 4.43. The lowest BCUT2D eigenvalue weighted by molar-refractivity contribution is -0.134. The number of aromatic nitrogens is 2. The molecule has 3 amide bonds. The molecule has 0 saturated heterocycles. The first-order valence-electron chi connectivity index (χ1n) is 12.8. The third kappa shape index (κ3) is 6.86. The molecule has 9 nitrogen and oxygen atoms in total. The molecule has 1 atom stereocenters. The zero-order valence-corrected chi connectivity index (χ0v) is 22.0. The molecule has 196 valence electrons. The Hall–Kier alpha value is -3.36. The van der Waals surface area contributed by atoms with Crippen LogP contribution < -0.4 is 4.74 Å². The monoisotopic (exact) mass is 497 g/mol. The molecule has 1 aromatic heterocycles. The predicted molar refractivity (Wildman–Crippen MR) is 138 cm³/mol. The molecule has 2 aromatic rings. The Balaban J connectivity index is 1.67. The fourth-order valence-electron chi connectivity index (χ4n) is 4.41. The van der Waals surface area contributed by atoms with E-state index in [1.54, 1.807) is 65.1 Å². The minimum atomic E-state index is -0.583. The van der Waals surface area contributed by atoms with Crippen LogP contribution >= 0.6 is 0 Å². The van der Waals surface area contributed by atoms with Crippen LogP contribution in [0.1, 0.15) is 66.2 Å². The first kappa shape index (κ1) is 27.2. The molecular weight excluding hydrogens is 458 g/mol. The van der Waals surface area contributed by atoms with Crippen LogP contribution in [0.2, 0.25) is 0 Å². The summed E-state index contributed by atoms with van der Waals surface area (Å²) in [5.41, 5.74) is 1.04. The average Bonchev–Trinajstić information content (AvgIpc) is 3.38. The van der Waals surface area contributed by atoms with Crippen molar-refractivity contribution in [2.24, 2.45) is 0 Å². The van der Waals surface area contributed by atoms with Gasteiger partial charge >= 0.3 is 0 Å². The molecule has 0 unspecified atom stereocenters. The lowest BCUT2D eigenvalue weighted by Gasteiger charge is -2.31. The molecule has 0 spiro atoms. The van der Waals surface area contributed by atoms with E-state index in [1.165, 1.54) is 0 Å². The Morgan fingerprint density at radius 3 is 2.67 bits per heavy atom. The maximum Gasteiger partial charge on any atom is 0.258 e. The number of hydrogen-bond acceptors (Lipinski definition) is 5. The molecule has 36 heavy (non-hydrogen) atoms. The van der Waals surface area contributed by atoms with E-state index in [1.807, 2.05) is 19.1 Å². The first-order valence-corrected chi connectivity index (χ1v) is 12.8. The van der Waals surface area contributed by atoms with Gasteiger partial charge in [-0.25, -0.2) is 0 Å². The molecule has 2 heterocycles. The van der Waals surface area contributed by atoms with Crippen molar-refractivity contribution in [3.8, 4) is 5.75 Å². The van der Waals surface area contributed by atoms with E-state index in [0.717, 1.165) is 25.7 Å². The summed E-state index contributed by atoms with van der Waals surface area (Å²) >= 11 is 0. The Morgan fingerprint density at radius 1 is 1.14 bits per heavy atom. The van der Waals surface area contributed by atoms with Crippen molar-refractivity contribution >= 4 is 17.7 Å². The number of nitrogens with zero attached hydrogens (tertiary/aromatic N) is 5. The quantitative estimate of drug-likeness (QED) is 0.548. The summed E-state index contributed by atoms with van der Waals surface area (Å²) in [5.74, 6) is 0.202. The molecule has 9 heteroatoms. The van der Waals surface area contributed by atoms with Gasteiger partial charge in [0.15, 0.2) is 0 Å². The Kier molecular flexibility index (Phi) is 9.90. The molecule has 0 saturated carbocycles. The summed E-state index contributed by atoms with van der Waals surface area (Å²) < 4.78 is 7.64. The molecule has 1 aliphatic heterocycles. The molecule has 1 aliphatic rings. The van der Waals surface area contributed by atoms with E-state index in [0.29, 0.717) is 56.0 Å². The molecule has 0 N–H and O–H groups in total. The van der Waals surface area contributed by atoms with Gasteiger partial charge in [0.1, 0.15) is 11.8 Å². The molecule has 0 aliphatic carbocycles. The third-order valence-electron chi connectivity index (χ3n) is 6.73. The number of hydrogen-bond donors (Lipinski definition) is 0. The fourth-order valence-corrected chi connectivity index (χ4v) is 4.41. The Labute approximate surface area is 214 Å². The normalized spacial score (nSPS) is 17.5. The second-order valence-electron chi connectivity index (χ2n) is 9.40. The lowest BCUT2D eigenvalue weighted by atomic mass is 10.0. The zero-order valence-electron chi connectivity index (χ0n) is 22.0. The molecular formula is C27H39N5O4. The van der Waals surface area contributed by atoms with Gasteiger partial charge < -0.3 is 19.4 Å². The van der Waals surface area contributed by atoms with Gasteiger partial charge in [0.25, 0.3) is 11.8 Å². The van der Waals surface area contributed by atoms with E-state index in [-0.39, 0.29) is 17.7 Å². The number of benzene rings is 1. The molecule has 0 bridgehead atoms. The van der Waals surface area contributed by atoms with Gasteiger partial charge in [-0.05, 0) is 57.6 Å². The summed E-state index contributed by atoms with van der Waals surface area (Å²) in [4.78, 5) is 44.5. The number of amides is 3. The summed E-state index contributed by atoms with van der Waals surface area (Å²) in [6, 6.07) is 6.64. The number of unbranched alkanes of at least 4 members (excludes halogenated alkanes) is 1. The van der Waals surface area contributed by atoms with E-state index >= 15 is 0 Å². The second kappa shape index (κ2) is 13.1. The maximum atomic E-state index is 13.4. The standard InChI is InChI=1S/C27H39N5O4/c1-5-32-20-21(19-28-32)25(33)29(2)17-11-9-14-23-27(35)30(3)16-10-6-12-18-36-24-15-8-7-13-22(24)26(34)31(23)4/h7-8,13,15,19-20,23H,5-6,9-12,14,16-18H2,1-4H3/t23-/m0/s1. The van der Waals surface area contributed by atoms with Crippen molar-refractivity contribution in [2.45, 2.75) is 58.0 Å². The molecule has 0 radical (unpaired) electrons. The van der Waals surface area contributed by atoms with Crippen LogP contribution in [0.4, 0.5) is 0 Å². The molecule has 0 fully saturated rings. The van der Waals surface area contributed by atoms with Gasteiger partial charge in [0, 0.05) is 47.0 Å². The fraction of sp³-hybridized carbons (Fsp3) is 0.556. The number of fused-ring (bicyclic) bond motifs is 1. The van der Waals surface area contributed by atoms with Crippen LogP contribution in [0.3, 0.4) is 0 Å². The van der Waals surface area contributed by atoms with Crippen molar-refractivity contribution in [1.29, 1.82) is 0 Å². The van der Waals surface area contributed by atoms with Gasteiger partial charge in [-0.15, -0.1) is 0 Å². The van der Waals surface area contributed by atoms with Crippen LogP contribution in [-0.2, 0) is 11.3 Å². The van der Waals surface area contributed by atoms with E-state index < -0.39 is 6.04 Å². The number of ether oxygens (including phenoxy) is 1. The molecule has 3 rings (SSSR count). The number of carbonyl (C=O) groups is 3. The van der Waals surface area contributed by atoms with E-state index in [9.17, 15) is 14.4 Å². The maximum absolute atomic E-state index is 13.4. The highest BCUT2D eigenvalue weighted by Crippen LogP contribution is 2.23. The van der Waals surface area contributed by atoms with Gasteiger partial charge in [0.05, 0.1) is 23.9 Å². The number of rotatable bonds is 7. The second-order valence-corrected chi connectivity index (χ2v) is 9.40. The van der Waals surface area contributed by atoms with Gasteiger partial charge in [-0.2, -0.15) is 5.10 Å². The van der Waals surface area contributed by atoms with Gasteiger partial charge in [0.2, 0.25) is 5.91 Å². The SMILES string of the molecule is CCn1cc(C(=O)N(C)CCCC[C@H]2C(=O)N(C)CCCCCOc3ccccc3C(=O)N2C)cn1. The van der Waals surface area contributed by atoms with Crippen molar-refractivity contribution in [1.82, 2.24) is 24.5 Å². The van der Waals surface area contributed by atoms with E-state index in [2.05, 4.69) is 5.10 Å². The van der Waals surface area contributed by atoms with Crippen molar-refractivity contribution < 1.29 is 19.1 Å². The smallest absolute Gasteiger partial charge is 0.258 e. The minimum absolute atomic E-state index is 0.0556. The summed E-state index contributed by atoms with van der Waals surface area (Å²) in [6.07, 6.45) is 7.99. The molecule has 1 aromatic carbocycles. The lowest BCUT2D eigenvalue weighted by Crippen LogP contribution is -2.48. The number of carbonyl (C=O) groups excluding carboxylic acids is 3. The Morgan fingerprint density at radius 2 is 1.92 bits per heavy atom. The van der Waals surface area contributed by atoms with Gasteiger partial charge in [-0.3, -0.25) is 19.1 Å². The third-order valence-corrected chi connectivity index (χ3v) is 6.73. The average molecular weight is 498 g/mol. The van der Waals surface area contributed by atoms with Crippen LogP contribution in [0.5, 0.6) is 5.75 Å². The highest BCUT2D eigenvalue weighted by molar-refractivity contribution is 5.99. The van der Waals surface area contributed by atoms with Crippen LogP contribution in [0.15, 0.2) is 36.7 Å². The summed E-state index contributed by atoms with van der Waals surface area (Å²) in [5, 5.41) is 4.17. The topological polar surface area (TPSA) is 88.0 Å². The Bertz CT molecular complexity index is 1040. The minimum Gasteiger partial charge on any atom is -0.493 e. The highest BCUT2D eigenvalue weighted by atomic mass is 16.5. The number of aryl methyl sites for hydroxylation is 1. The predicted octanol–water partition coefficient (Wildman–Crippen LogP) is 3.31. The first-order chi connectivity index (χ1) is 17.3. The zero-order chi connectivity index (χ0) is 26.1. The van der Waals surface area contributed by atoms with Gasteiger partial charge in [-0.1, -0.05) is 12.1 Å². The summed E-state index contributed by atoms with van der Waals surface area (Å²) in [7, 11) is 5.27. The number of likely N-dealkylation sites (N-methyl/N-ethyl adjacent to an activating group) is 2. The van der Waals surface area contributed by atoms with Crippen LogP contribution in [0.25, 0.3) is 0 Å². The van der Waals surface area contributed by atoms with Crippen molar-refractivity contribution in [2.75, 3.05) is 40.8 Å². The van der Waals surface area contributed by atoms with Crippen LogP contribution in [-0.4, -0.2) is 89.1 Å². The van der Waals surface area contributed by atoms with Crippen molar-refractivity contribution in [3.63, 3.8) is 0 Å². The number of para-hydroxylation sites is 1. The van der Waals surface area contributed by atoms with Crippen molar-refractivity contribution in [3.05, 3.63) is 47.8 Å².